The fourth-order valence-electron chi connectivity index (χ4n) is 2.38. The van der Waals surface area contributed by atoms with E-state index >= 15 is 0 Å². The van der Waals surface area contributed by atoms with Crippen molar-refractivity contribution in [2.24, 2.45) is 0 Å². The Morgan fingerprint density at radius 3 is 2.76 bits per heavy atom. The minimum atomic E-state index is -0.452. The van der Waals surface area contributed by atoms with Crippen LogP contribution in [-0.2, 0) is 20.9 Å². The number of thioether (sulfide) groups is 1. The van der Waals surface area contributed by atoms with E-state index < -0.39 is 6.04 Å². The molecule has 0 aromatic heterocycles. The van der Waals surface area contributed by atoms with Crippen LogP contribution in [-0.4, -0.2) is 49.3 Å². The molecule has 0 radical (unpaired) electrons. The van der Waals surface area contributed by atoms with E-state index in [9.17, 15) is 9.59 Å². The third-order valence-electron chi connectivity index (χ3n) is 3.57. The van der Waals surface area contributed by atoms with Crippen LogP contribution in [0.4, 0.5) is 0 Å². The van der Waals surface area contributed by atoms with Gasteiger partial charge in [0.25, 0.3) is 0 Å². The van der Waals surface area contributed by atoms with E-state index in [0.717, 1.165) is 12.1 Å². The molecule has 0 bridgehead atoms. The molecule has 114 valence electrons. The van der Waals surface area contributed by atoms with E-state index in [1.165, 1.54) is 12.0 Å². The highest BCUT2D eigenvalue weighted by atomic mass is 32.2. The van der Waals surface area contributed by atoms with E-state index in [0.29, 0.717) is 13.1 Å². The molecule has 1 aliphatic heterocycles. The van der Waals surface area contributed by atoms with Gasteiger partial charge in [0.05, 0.1) is 13.5 Å². The molecule has 0 spiro atoms. The Hall–Kier alpha value is -1.53. The standard InChI is InChI=1S/C15H20N2O3S/c1-20-14(18)9-13-15(19)16-7-8-17(13)10-11-3-5-12(21-2)6-4-11/h3-6,13H,7-10H2,1-2H3,(H,16,19)/t13-/m0/s1. The zero-order chi connectivity index (χ0) is 15.2. The van der Waals surface area contributed by atoms with Crippen molar-refractivity contribution in [1.29, 1.82) is 0 Å². The van der Waals surface area contributed by atoms with Crippen molar-refractivity contribution < 1.29 is 14.3 Å². The van der Waals surface area contributed by atoms with Gasteiger partial charge in [-0.3, -0.25) is 14.5 Å². The lowest BCUT2D eigenvalue weighted by Crippen LogP contribution is -2.55. The second-order valence-electron chi connectivity index (χ2n) is 4.91. The third-order valence-corrected chi connectivity index (χ3v) is 4.32. The number of esters is 1. The van der Waals surface area contributed by atoms with Crippen LogP contribution < -0.4 is 5.32 Å². The molecule has 1 fully saturated rings. The summed E-state index contributed by atoms with van der Waals surface area (Å²) in [6.45, 7) is 2.00. The zero-order valence-corrected chi connectivity index (χ0v) is 13.1. The lowest BCUT2D eigenvalue weighted by Gasteiger charge is -2.34. The summed E-state index contributed by atoms with van der Waals surface area (Å²) in [5.41, 5.74) is 1.14. The predicted octanol–water partition coefficient (Wildman–Crippen LogP) is 1.27. The molecule has 21 heavy (non-hydrogen) atoms. The number of hydrogen-bond acceptors (Lipinski definition) is 5. The number of nitrogens with zero attached hydrogens (tertiary/aromatic N) is 1. The van der Waals surface area contributed by atoms with Crippen molar-refractivity contribution in [2.45, 2.75) is 23.9 Å². The maximum Gasteiger partial charge on any atom is 0.307 e. The number of carbonyl (C=O) groups is 2. The molecule has 1 heterocycles. The van der Waals surface area contributed by atoms with Crippen LogP contribution in [0.2, 0.25) is 0 Å². The number of ether oxygens (including phenoxy) is 1. The predicted molar refractivity (Wildman–Crippen MR) is 82.1 cm³/mol. The average molecular weight is 308 g/mol. The Kier molecular flexibility index (Phi) is 5.64. The summed E-state index contributed by atoms with van der Waals surface area (Å²) < 4.78 is 4.68. The van der Waals surface area contributed by atoms with Crippen LogP contribution in [0.5, 0.6) is 0 Å². The van der Waals surface area contributed by atoms with Crippen molar-refractivity contribution in [1.82, 2.24) is 10.2 Å². The van der Waals surface area contributed by atoms with Gasteiger partial charge in [0.1, 0.15) is 6.04 Å². The summed E-state index contributed by atoms with van der Waals surface area (Å²) in [5.74, 6) is -0.466. The van der Waals surface area contributed by atoms with Gasteiger partial charge in [-0.1, -0.05) is 12.1 Å². The number of methoxy groups -OCH3 is 1. The molecule has 1 aliphatic rings. The highest BCUT2D eigenvalue weighted by Gasteiger charge is 2.31. The van der Waals surface area contributed by atoms with Gasteiger partial charge in [-0.15, -0.1) is 11.8 Å². The Balaban J connectivity index is 2.06. The van der Waals surface area contributed by atoms with Crippen molar-refractivity contribution >= 4 is 23.6 Å². The minimum Gasteiger partial charge on any atom is -0.469 e. The summed E-state index contributed by atoms with van der Waals surface area (Å²) in [5, 5.41) is 2.80. The van der Waals surface area contributed by atoms with Gasteiger partial charge in [0.15, 0.2) is 0 Å². The molecule has 1 atom stereocenters. The van der Waals surface area contributed by atoms with Crippen molar-refractivity contribution in [3.8, 4) is 0 Å². The Bertz CT molecular complexity index is 504. The minimum absolute atomic E-state index is 0.0885. The number of rotatable bonds is 5. The number of benzene rings is 1. The second-order valence-corrected chi connectivity index (χ2v) is 5.79. The lowest BCUT2D eigenvalue weighted by molar-refractivity contribution is -0.146. The smallest absolute Gasteiger partial charge is 0.307 e. The fourth-order valence-corrected chi connectivity index (χ4v) is 2.79. The van der Waals surface area contributed by atoms with Crippen molar-refractivity contribution in [3.05, 3.63) is 29.8 Å². The number of carbonyl (C=O) groups excluding carboxylic acids is 2. The van der Waals surface area contributed by atoms with Gasteiger partial charge in [-0.2, -0.15) is 0 Å². The van der Waals surface area contributed by atoms with Gasteiger partial charge in [-0.25, -0.2) is 0 Å². The number of nitrogens with one attached hydrogen (secondary N) is 1. The largest absolute Gasteiger partial charge is 0.469 e. The van der Waals surface area contributed by atoms with E-state index in [2.05, 4.69) is 34.3 Å². The fraction of sp³-hybridized carbons (Fsp3) is 0.467. The van der Waals surface area contributed by atoms with Crippen LogP contribution in [0, 0.1) is 0 Å². The maximum absolute atomic E-state index is 12.0. The molecule has 5 nitrogen and oxygen atoms in total. The molecular weight excluding hydrogens is 288 g/mol. The van der Waals surface area contributed by atoms with Crippen LogP contribution in [0.25, 0.3) is 0 Å². The van der Waals surface area contributed by atoms with Crippen LogP contribution in [0.1, 0.15) is 12.0 Å². The van der Waals surface area contributed by atoms with Gasteiger partial charge in [0.2, 0.25) is 5.91 Å². The quantitative estimate of drug-likeness (QED) is 0.656. The molecule has 0 unspecified atom stereocenters. The van der Waals surface area contributed by atoms with Gasteiger partial charge < -0.3 is 10.1 Å². The topological polar surface area (TPSA) is 58.6 Å². The SMILES string of the molecule is COC(=O)C[C@H]1C(=O)NCCN1Cc1ccc(SC)cc1. The van der Waals surface area contributed by atoms with E-state index in [4.69, 9.17) is 0 Å². The molecule has 1 saturated heterocycles. The molecule has 1 N–H and O–H groups in total. The van der Waals surface area contributed by atoms with Crippen LogP contribution in [0.15, 0.2) is 29.2 Å². The Morgan fingerprint density at radius 1 is 1.43 bits per heavy atom. The first kappa shape index (κ1) is 15.9. The Morgan fingerprint density at radius 2 is 2.14 bits per heavy atom. The molecule has 2 rings (SSSR count). The monoisotopic (exact) mass is 308 g/mol. The first-order valence-electron chi connectivity index (χ1n) is 6.85. The summed E-state index contributed by atoms with van der Waals surface area (Å²) >= 11 is 1.70. The van der Waals surface area contributed by atoms with E-state index in [-0.39, 0.29) is 18.3 Å². The third kappa shape index (κ3) is 4.22. The summed E-state index contributed by atoms with van der Waals surface area (Å²) in [7, 11) is 1.34. The number of hydrogen-bond donors (Lipinski definition) is 1. The van der Waals surface area contributed by atoms with Gasteiger partial charge in [-0.05, 0) is 24.0 Å². The van der Waals surface area contributed by atoms with Crippen LogP contribution in [0.3, 0.4) is 0 Å². The number of amides is 1. The average Bonchev–Trinajstić information content (AvgIpc) is 2.51. The highest BCUT2D eigenvalue weighted by Crippen LogP contribution is 2.18. The van der Waals surface area contributed by atoms with Crippen LogP contribution >= 0.6 is 11.8 Å². The first-order valence-corrected chi connectivity index (χ1v) is 8.08. The molecule has 0 aliphatic carbocycles. The summed E-state index contributed by atoms with van der Waals surface area (Å²) in [4.78, 5) is 26.7. The van der Waals surface area contributed by atoms with E-state index in [1.807, 2.05) is 11.2 Å². The van der Waals surface area contributed by atoms with Crippen molar-refractivity contribution in [2.75, 3.05) is 26.5 Å². The van der Waals surface area contributed by atoms with E-state index in [1.54, 1.807) is 11.8 Å². The van der Waals surface area contributed by atoms with Gasteiger partial charge >= 0.3 is 5.97 Å². The maximum atomic E-state index is 12.0. The van der Waals surface area contributed by atoms with Crippen molar-refractivity contribution in [3.63, 3.8) is 0 Å². The van der Waals surface area contributed by atoms with Gasteiger partial charge in [0, 0.05) is 24.5 Å². The highest BCUT2D eigenvalue weighted by molar-refractivity contribution is 7.98. The molecule has 1 aromatic carbocycles. The molecule has 1 amide bonds. The molecule has 6 heteroatoms. The first-order chi connectivity index (χ1) is 10.1. The molecule has 0 saturated carbocycles. The molecular formula is C15H20N2O3S. The Labute approximate surface area is 129 Å². The molecule has 1 aromatic rings. The second kappa shape index (κ2) is 7.47. The number of piperazine rings is 1. The zero-order valence-electron chi connectivity index (χ0n) is 12.3. The normalized spacial score (nSPS) is 19.1. The summed E-state index contributed by atoms with van der Waals surface area (Å²) in [6, 6.07) is 7.81. The lowest BCUT2D eigenvalue weighted by atomic mass is 10.1. The summed E-state index contributed by atoms with van der Waals surface area (Å²) in [6.07, 6.45) is 2.13.